The van der Waals surface area contributed by atoms with Crippen molar-refractivity contribution in [2.75, 3.05) is 29.9 Å². The molecule has 7 nitrogen and oxygen atoms in total. The van der Waals surface area contributed by atoms with Gasteiger partial charge in [0.25, 0.3) is 0 Å². The van der Waals surface area contributed by atoms with Crippen LogP contribution in [-0.4, -0.2) is 63.9 Å². The van der Waals surface area contributed by atoms with Gasteiger partial charge in [-0.1, -0.05) is 0 Å². The predicted octanol–water partition coefficient (Wildman–Crippen LogP) is 4.11. The van der Waals surface area contributed by atoms with E-state index in [2.05, 4.69) is 5.32 Å². The van der Waals surface area contributed by atoms with Gasteiger partial charge < -0.3 is 0 Å². The quantitative estimate of drug-likeness (QED) is 0.236. The maximum absolute atomic E-state index is 13.2. The van der Waals surface area contributed by atoms with Crippen molar-refractivity contribution in [3.63, 3.8) is 0 Å². The zero-order chi connectivity index (χ0) is 26.1. The summed E-state index contributed by atoms with van der Waals surface area (Å²) in [6.45, 7) is 0.0145. The fourth-order valence-electron chi connectivity index (χ4n) is 3.64. The number of carbonyl (C=O) groups is 2. The van der Waals surface area contributed by atoms with Gasteiger partial charge in [0.2, 0.25) is 0 Å². The molecule has 1 saturated heterocycles. The van der Waals surface area contributed by atoms with Crippen molar-refractivity contribution in [2.24, 2.45) is 0 Å². The van der Waals surface area contributed by atoms with Crippen LogP contribution in [0.4, 0.5) is 5.69 Å². The second-order valence-corrected chi connectivity index (χ2v) is 15.6. The summed E-state index contributed by atoms with van der Waals surface area (Å²) in [5, 5.41) is 16.9. The molecule has 0 bridgehead atoms. The van der Waals surface area contributed by atoms with Crippen LogP contribution in [0, 0.1) is 5.21 Å². The number of carbonyl (C=O) groups excluding carboxylic acids is 2. The molecule has 13 heteroatoms. The number of thiophene rings is 1. The van der Waals surface area contributed by atoms with Gasteiger partial charge in [-0.05, 0) is 0 Å². The molecule has 0 saturated carbocycles. The summed E-state index contributed by atoms with van der Waals surface area (Å²) >= 11 is 18.0. The van der Waals surface area contributed by atoms with Crippen molar-refractivity contribution in [1.82, 2.24) is 0 Å². The number of sulfone groups is 1. The minimum absolute atomic E-state index is 0.0220. The van der Waals surface area contributed by atoms with E-state index in [1.54, 1.807) is 42.5 Å². The average Bonchev–Trinajstić information content (AvgIpc) is 3.18. The molecule has 3 aromatic rings. The molecule has 0 spiro atoms. The number of hydroxylamine groups is 3. The molecule has 2 aromatic carbocycles. The molecule has 1 aliphatic heterocycles. The number of hydrogen-bond acceptors (Lipinski definition) is 6. The van der Waals surface area contributed by atoms with Crippen molar-refractivity contribution in [3.05, 3.63) is 84.1 Å². The molecule has 0 radical (unpaired) electrons. The fraction of sp³-hybridized carbons (Fsp3) is 0.217. The van der Waals surface area contributed by atoms with Crippen molar-refractivity contribution in [2.45, 2.75) is 6.54 Å². The van der Waals surface area contributed by atoms with E-state index in [-0.39, 0.29) is 40.7 Å². The van der Waals surface area contributed by atoms with Gasteiger partial charge in [0, 0.05) is 0 Å². The van der Waals surface area contributed by atoms with Gasteiger partial charge in [0.15, 0.2) is 0 Å². The predicted molar refractivity (Wildman–Crippen MR) is 147 cm³/mol. The summed E-state index contributed by atoms with van der Waals surface area (Å²) in [5.41, 5.74) is 0.852. The Morgan fingerprint density at radius 3 is 2.31 bits per heavy atom. The van der Waals surface area contributed by atoms with Crippen LogP contribution in [0.25, 0.3) is 0 Å². The fourth-order valence-corrected chi connectivity index (χ4v) is 9.56. The van der Waals surface area contributed by atoms with E-state index in [0.717, 1.165) is 11.3 Å². The first-order chi connectivity index (χ1) is 16.9. The average molecular weight is 650 g/mol. The normalized spacial score (nSPS) is 16.8. The summed E-state index contributed by atoms with van der Waals surface area (Å²) in [6, 6.07) is 13.1. The van der Waals surface area contributed by atoms with E-state index in [9.17, 15) is 23.2 Å². The molecule has 1 fully saturated rings. The minimum atomic E-state index is -3.17. The van der Waals surface area contributed by atoms with Crippen LogP contribution in [-0.2, 0) is 16.4 Å². The first-order valence-electron chi connectivity index (χ1n) is 10.7. The van der Waals surface area contributed by atoms with Gasteiger partial charge in [-0.3, -0.25) is 0 Å². The van der Waals surface area contributed by atoms with Crippen molar-refractivity contribution >= 4 is 92.2 Å². The summed E-state index contributed by atoms with van der Waals surface area (Å²) in [7, 11) is -3.17. The number of anilines is 1. The molecule has 1 unspecified atom stereocenters. The molecule has 1 aliphatic rings. The van der Waals surface area contributed by atoms with E-state index in [1.807, 2.05) is 0 Å². The second-order valence-electron chi connectivity index (χ2n) is 8.31. The van der Waals surface area contributed by atoms with Crippen molar-refractivity contribution in [1.29, 1.82) is 0 Å². The first kappa shape index (κ1) is 27.6. The van der Waals surface area contributed by atoms with E-state index < -0.39 is 36.1 Å². The number of nitrogens with zero attached hydrogens (tertiary/aromatic N) is 1. The van der Waals surface area contributed by atoms with E-state index in [1.165, 1.54) is 6.07 Å². The summed E-state index contributed by atoms with van der Waals surface area (Å²) in [4.78, 5) is 27.1. The summed E-state index contributed by atoms with van der Waals surface area (Å²) in [6.07, 6.45) is 0. The molecule has 0 aliphatic carbocycles. The molecule has 1 atom stereocenters. The molecule has 1 amide bonds. The summed E-state index contributed by atoms with van der Waals surface area (Å²) < 4.78 is 23.1. The van der Waals surface area contributed by atoms with Gasteiger partial charge in [-0.15, -0.1) is 0 Å². The zero-order valence-corrected chi connectivity index (χ0v) is 24.6. The van der Waals surface area contributed by atoms with Crippen molar-refractivity contribution < 1.29 is 22.7 Å². The van der Waals surface area contributed by atoms with E-state index in [0.29, 0.717) is 35.4 Å². The third-order valence-electron chi connectivity index (χ3n) is 5.58. The number of amides is 1. The standard InChI is InChI=1S/C23H20AsCl3N2O5S2/c25-14-1-4-16(5-2-14)28-23(31)18-11-15(26)3-6-19(18)24-22(30)21-20(27)12-17(35-21)13-29(32)7-9-36(33,34)10-8-29/h1-6,11-12,24H,7-10,13H2,(H,28,31). The Bertz CT molecular complexity index is 1410. The Kier molecular flexibility index (Phi) is 8.54. The third-order valence-corrected chi connectivity index (χ3v) is 12.1. The summed E-state index contributed by atoms with van der Waals surface area (Å²) in [5.74, 6) is -0.696. The van der Waals surface area contributed by atoms with Crippen LogP contribution in [0.3, 0.4) is 0 Å². The Labute approximate surface area is 234 Å². The van der Waals surface area contributed by atoms with E-state index in [4.69, 9.17) is 34.8 Å². The molecule has 2 heterocycles. The zero-order valence-electron chi connectivity index (χ0n) is 18.6. The number of benzene rings is 2. The molecule has 36 heavy (non-hydrogen) atoms. The van der Waals surface area contributed by atoms with Crippen LogP contribution in [0.5, 0.6) is 0 Å². The number of quaternary nitrogens is 1. The van der Waals surface area contributed by atoms with Crippen molar-refractivity contribution in [3.8, 4) is 0 Å². The van der Waals surface area contributed by atoms with Gasteiger partial charge >= 0.3 is 235 Å². The molecule has 4 rings (SSSR count). The molecule has 1 aromatic heterocycles. The Morgan fingerprint density at radius 1 is 1.00 bits per heavy atom. The number of halogens is 3. The second kappa shape index (κ2) is 11.1. The maximum atomic E-state index is 13.2. The Hall–Kier alpha value is -1.42. The van der Waals surface area contributed by atoms with Crippen LogP contribution in [0.2, 0.25) is 15.1 Å². The topological polar surface area (TPSA) is 103 Å². The molecule has 1 N–H and O–H groups in total. The first-order valence-corrected chi connectivity index (χ1v) is 16.5. The third kappa shape index (κ3) is 6.91. The van der Waals surface area contributed by atoms with Gasteiger partial charge in [-0.25, -0.2) is 0 Å². The van der Waals surface area contributed by atoms with Gasteiger partial charge in [0.05, 0.1) is 0 Å². The number of hydrogen-bond donors (Lipinski definition) is 1. The van der Waals surface area contributed by atoms with Gasteiger partial charge in [-0.2, -0.15) is 0 Å². The molecular weight excluding hydrogens is 630 g/mol. The SMILES string of the molecule is O=C(Nc1ccc(Cl)cc1)c1cc(Cl)ccc1[AsH]C(=O)c1sc(C[N+]2([O-])CCS(=O)(=O)CC2)cc1Cl. The molecule has 190 valence electrons. The Balaban J connectivity index is 1.50. The monoisotopic (exact) mass is 648 g/mol. The molecular formula is C23H20AsCl3N2O5S2. The van der Waals surface area contributed by atoms with E-state index >= 15 is 0 Å². The van der Waals surface area contributed by atoms with Crippen LogP contribution in [0.1, 0.15) is 24.9 Å². The number of rotatable bonds is 7. The van der Waals surface area contributed by atoms with Gasteiger partial charge in [0.1, 0.15) is 0 Å². The van der Waals surface area contributed by atoms with Crippen LogP contribution in [0.15, 0.2) is 48.5 Å². The Morgan fingerprint density at radius 2 is 1.64 bits per heavy atom. The number of nitrogens with one attached hydrogen (secondary N) is 1. The van der Waals surface area contributed by atoms with Crippen LogP contribution >= 0.6 is 46.1 Å². The van der Waals surface area contributed by atoms with Crippen LogP contribution < -0.4 is 9.67 Å².